The van der Waals surface area contributed by atoms with Crippen molar-refractivity contribution in [2.24, 2.45) is 0 Å². The van der Waals surface area contributed by atoms with E-state index in [0.717, 1.165) is 41.3 Å². The number of likely N-dealkylation sites (tertiary alicyclic amines) is 1. The molecule has 152 valence electrons. The van der Waals surface area contributed by atoms with Crippen molar-refractivity contribution in [3.63, 3.8) is 0 Å². The van der Waals surface area contributed by atoms with Crippen LogP contribution in [-0.2, 0) is 4.79 Å². The lowest BCUT2D eigenvalue weighted by molar-refractivity contribution is -0.910. The van der Waals surface area contributed by atoms with Crippen LogP contribution in [0.3, 0.4) is 0 Å². The van der Waals surface area contributed by atoms with Gasteiger partial charge in [0.25, 0.3) is 11.6 Å². The molecule has 1 amide bonds. The summed E-state index contributed by atoms with van der Waals surface area (Å²) in [4.78, 5) is 24.4. The first kappa shape index (κ1) is 19.5. The first-order valence-corrected chi connectivity index (χ1v) is 9.87. The molecule has 0 aromatic heterocycles. The number of anilines is 1. The molecule has 0 spiro atoms. The largest absolute Gasteiger partial charge is 0.486 e. The summed E-state index contributed by atoms with van der Waals surface area (Å²) in [7, 11) is 0. The standard InChI is InChI=1S/C20H20ClN3O5/c21-14-4-5-17(24(26)27)15(11-14)22-20(25)12-23-7-1-2-16(23)13-3-6-18-19(10-13)29-9-8-28-18/h3-6,10-11,16H,1-2,7-9,12H2,(H,22,25)/p+1/t16-/m0/s1. The van der Waals surface area contributed by atoms with Crippen LogP contribution in [0, 0.1) is 10.1 Å². The highest BCUT2D eigenvalue weighted by Crippen LogP contribution is 2.33. The van der Waals surface area contributed by atoms with Crippen LogP contribution in [0.2, 0.25) is 5.02 Å². The number of nitro benzene ring substituents is 1. The molecule has 0 radical (unpaired) electrons. The van der Waals surface area contributed by atoms with E-state index in [1.54, 1.807) is 0 Å². The molecule has 2 aliphatic rings. The number of quaternary nitrogens is 1. The number of fused-ring (bicyclic) bond motifs is 1. The van der Waals surface area contributed by atoms with Crippen molar-refractivity contribution in [3.8, 4) is 11.5 Å². The molecule has 2 N–H and O–H groups in total. The van der Waals surface area contributed by atoms with Crippen molar-refractivity contribution in [3.05, 3.63) is 57.1 Å². The average molecular weight is 419 g/mol. The van der Waals surface area contributed by atoms with Gasteiger partial charge in [0.15, 0.2) is 18.0 Å². The van der Waals surface area contributed by atoms with Crippen LogP contribution in [0.15, 0.2) is 36.4 Å². The Kier molecular flexibility index (Phi) is 5.55. The molecule has 0 bridgehead atoms. The second kappa shape index (κ2) is 8.26. The molecule has 1 fully saturated rings. The predicted octanol–water partition coefficient (Wildman–Crippen LogP) is 2.38. The molecule has 2 aromatic rings. The van der Waals surface area contributed by atoms with E-state index in [9.17, 15) is 14.9 Å². The third kappa shape index (κ3) is 4.28. The van der Waals surface area contributed by atoms with Gasteiger partial charge < -0.3 is 19.7 Å². The van der Waals surface area contributed by atoms with Gasteiger partial charge in [0.2, 0.25) is 0 Å². The van der Waals surface area contributed by atoms with Crippen LogP contribution < -0.4 is 19.7 Å². The zero-order chi connectivity index (χ0) is 20.4. The quantitative estimate of drug-likeness (QED) is 0.574. The number of carbonyl (C=O) groups excluding carboxylic acids is 1. The van der Waals surface area contributed by atoms with Gasteiger partial charge >= 0.3 is 0 Å². The first-order valence-electron chi connectivity index (χ1n) is 9.49. The van der Waals surface area contributed by atoms with E-state index < -0.39 is 4.92 Å². The fraction of sp³-hybridized carbons (Fsp3) is 0.350. The molecule has 1 saturated heterocycles. The van der Waals surface area contributed by atoms with E-state index >= 15 is 0 Å². The molecule has 9 heteroatoms. The number of nitro groups is 1. The first-order chi connectivity index (χ1) is 14.0. The van der Waals surface area contributed by atoms with Crippen LogP contribution in [0.4, 0.5) is 11.4 Å². The molecule has 0 aliphatic carbocycles. The fourth-order valence-corrected chi connectivity index (χ4v) is 4.14. The highest BCUT2D eigenvalue weighted by molar-refractivity contribution is 6.31. The van der Waals surface area contributed by atoms with Gasteiger partial charge in [-0.1, -0.05) is 11.6 Å². The normalized spacial score (nSPS) is 20.3. The molecule has 8 nitrogen and oxygen atoms in total. The van der Waals surface area contributed by atoms with Crippen LogP contribution >= 0.6 is 11.6 Å². The van der Waals surface area contributed by atoms with Crippen molar-refractivity contribution in [2.45, 2.75) is 18.9 Å². The number of halogens is 1. The third-order valence-electron chi connectivity index (χ3n) is 5.27. The van der Waals surface area contributed by atoms with E-state index in [1.807, 2.05) is 18.2 Å². The Morgan fingerprint density at radius 2 is 2.00 bits per heavy atom. The molecule has 4 rings (SSSR count). The number of hydrogen-bond donors (Lipinski definition) is 2. The van der Waals surface area contributed by atoms with Crippen LogP contribution in [0.1, 0.15) is 24.4 Å². The van der Waals surface area contributed by atoms with E-state index in [0.29, 0.717) is 18.2 Å². The summed E-state index contributed by atoms with van der Waals surface area (Å²) in [6.45, 7) is 2.13. The van der Waals surface area contributed by atoms with E-state index in [2.05, 4.69) is 5.32 Å². The summed E-state index contributed by atoms with van der Waals surface area (Å²) >= 11 is 5.94. The zero-order valence-corrected chi connectivity index (χ0v) is 16.4. The molecular formula is C20H21ClN3O5+. The summed E-state index contributed by atoms with van der Waals surface area (Å²) < 4.78 is 11.3. The molecule has 1 unspecified atom stereocenters. The van der Waals surface area contributed by atoms with Crippen LogP contribution in [0.25, 0.3) is 0 Å². The summed E-state index contributed by atoms with van der Waals surface area (Å²) in [5.41, 5.74) is 1.04. The Balaban J connectivity index is 1.47. The number of ether oxygens (including phenoxy) is 2. The van der Waals surface area contributed by atoms with Gasteiger partial charge in [0.05, 0.1) is 11.5 Å². The maximum absolute atomic E-state index is 12.6. The molecule has 2 aliphatic heterocycles. The van der Waals surface area contributed by atoms with Crippen LogP contribution in [-0.4, -0.2) is 37.1 Å². The van der Waals surface area contributed by atoms with Gasteiger partial charge in [-0.3, -0.25) is 14.9 Å². The summed E-state index contributed by atoms with van der Waals surface area (Å²) in [5.74, 6) is 1.19. The molecule has 29 heavy (non-hydrogen) atoms. The third-order valence-corrected chi connectivity index (χ3v) is 5.50. The van der Waals surface area contributed by atoms with Crippen LogP contribution in [0.5, 0.6) is 11.5 Å². The maximum Gasteiger partial charge on any atom is 0.292 e. The summed E-state index contributed by atoms with van der Waals surface area (Å²) in [5, 5.41) is 14.2. The Labute approximate surface area is 172 Å². The van der Waals surface area contributed by atoms with Gasteiger partial charge in [-0.15, -0.1) is 0 Å². The minimum Gasteiger partial charge on any atom is -0.486 e. The second-order valence-corrected chi connectivity index (χ2v) is 7.59. The van der Waals surface area contributed by atoms with E-state index in [1.165, 1.54) is 18.2 Å². The number of carbonyl (C=O) groups is 1. The van der Waals surface area contributed by atoms with Gasteiger partial charge in [-0.25, -0.2) is 0 Å². The minimum absolute atomic E-state index is 0.113. The van der Waals surface area contributed by atoms with E-state index in [4.69, 9.17) is 21.1 Å². The fourth-order valence-electron chi connectivity index (χ4n) is 3.97. The van der Waals surface area contributed by atoms with Gasteiger partial charge in [0.1, 0.15) is 24.9 Å². The average Bonchev–Trinajstić information content (AvgIpc) is 3.15. The molecule has 2 atom stereocenters. The number of nitrogens with one attached hydrogen (secondary N) is 2. The molecule has 0 saturated carbocycles. The monoisotopic (exact) mass is 418 g/mol. The number of benzene rings is 2. The SMILES string of the molecule is O=C(C[NH+]1CCC[C@H]1c1ccc2c(c1)OCCO2)Nc1cc(Cl)ccc1[N+](=O)[O-]. The lowest BCUT2D eigenvalue weighted by Crippen LogP contribution is -3.11. The lowest BCUT2D eigenvalue weighted by Gasteiger charge is -2.24. The van der Waals surface area contributed by atoms with Crippen molar-refractivity contribution in [1.29, 1.82) is 0 Å². The van der Waals surface area contributed by atoms with Crippen molar-refractivity contribution in [1.82, 2.24) is 0 Å². The molecule has 2 heterocycles. The summed E-state index contributed by atoms with van der Waals surface area (Å²) in [6, 6.07) is 10.2. The lowest BCUT2D eigenvalue weighted by atomic mass is 10.0. The van der Waals surface area contributed by atoms with Gasteiger partial charge in [-0.05, 0) is 30.3 Å². The van der Waals surface area contributed by atoms with E-state index in [-0.39, 0.29) is 29.9 Å². The number of hydrogen-bond acceptors (Lipinski definition) is 5. The van der Waals surface area contributed by atoms with Crippen molar-refractivity contribution >= 4 is 28.9 Å². The van der Waals surface area contributed by atoms with Crippen molar-refractivity contribution < 1.29 is 24.1 Å². The zero-order valence-electron chi connectivity index (χ0n) is 15.7. The number of amides is 1. The Hall–Kier alpha value is -2.84. The molecular weight excluding hydrogens is 398 g/mol. The predicted molar refractivity (Wildman–Crippen MR) is 107 cm³/mol. The van der Waals surface area contributed by atoms with Gasteiger partial charge in [0, 0.05) is 29.5 Å². The Bertz CT molecular complexity index is 952. The maximum atomic E-state index is 12.6. The summed E-state index contributed by atoms with van der Waals surface area (Å²) in [6.07, 6.45) is 1.96. The molecule has 2 aromatic carbocycles. The van der Waals surface area contributed by atoms with Crippen molar-refractivity contribution in [2.75, 3.05) is 31.6 Å². The Morgan fingerprint density at radius 3 is 2.79 bits per heavy atom. The smallest absolute Gasteiger partial charge is 0.292 e. The number of rotatable bonds is 5. The highest BCUT2D eigenvalue weighted by atomic mass is 35.5. The number of nitrogens with zero attached hydrogens (tertiary/aromatic N) is 1. The van der Waals surface area contributed by atoms with Gasteiger partial charge in [-0.2, -0.15) is 0 Å². The topological polar surface area (TPSA) is 95.1 Å². The Morgan fingerprint density at radius 1 is 1.21 bits per heavy atom. The second-order valence-electron chi connectivity index (χ2n) is 7.15. The minimum atomic E-state index is -0.535. The highest BCUT2D eigenvalue weighted by Gasteiger charge is 2.33.